The maximum absolute atomic E-state index is 11.1. The highest BCUT2D eigenvalue weighted by Crippen LogP contribution is 2.17. The standard InChI is InChI=1S/C15H23NO4/c1-4-15(18)14(16-11(2)17)9-10-20-13-7-5-12(19-3)6-8-13/h5-8,14-15,18H,4,9-10H2,1-3H3,(H,16,17)/t14-,15-/m1/s1. The van der Waals surface area contributed by atoms with Crippen LogP contribution in [-0.2, 0) is 4.79 Å². The number of hydrogen-bond donors (Lipinski definition) is 2. The van der Waals surface area contributed by atoms with E-state index in [1.54, 1.807) is 7.11 Å². The Kier molecular flexibility index (Phi) is 6.87. The highest BCUT2D eigenvalue weighted by molar-refractivity contribution is 5.73. The number of aliphatic hydroxyl groups is 1. The fourth-order valence-corrected chi connectivity index (χ4v) is 1.88. The van der Waals surface area contributed by atoms with E-state index in [2.05, 4.69) is 5.32 Å². The van der Waals surface area contributed by atoms with Crippen molar-refractivity contribution in [3.8, 4) is 11.5 Å². The van der Waals surface area contributed by atoms with Crippen molar-refractivity contribution < 1.29 is 19.4 Å². The number of carbonyl (C=O) groups is 1. The number of rotatable bonds is 8. The first-order valence-corrected chi connectivity index (χ1v) is 6.78. The molecule has 0 heterocycles. The third-order valence-electron chi connectivity index (χ3n) is 3.03. The summed E-state index contributed by atoms with van der Waals surface area (Å²) >= 11 is 0. The van der Waals surface area contributed by atoms with Gasteiger partial charge in [-0.2, -0.15) is 0 Å². The van der Waals surface area contributed by atoms with Crippen LogP contribution < -0.4 is 14.8 Å². The Morgan fingerprint density at radius 3 is 2.40 bits per heavy atom. The molecule has 2 N–H and O–H groups in total. The monoisotopic (exact) mass is 281 g/mol. The maximum Gasteiger partial charge on any atom is 0.217 e. The molecule has 20 heavy (non-hydrogen) atoms. The lowest BCUT2D eigenvalue weighted by Crippen LogP contribution is -2.43. The molecule has 5 nitrogen and oxygen atoms in total. The van der Waals surface area contributed by atoms with Crippen molar-refractivity contribution in [2.45, 2.75) is 38.8 Å². The molecule has 0 unspecified atom stereocenters. The fraction of sp³-hybridized carbons (Fsp3) is 0.533. The van der Waals surface area contributed by atoms with Crippen molar-refractivity contribution in [1.29, 1.82) is 0 Å². The minimum atomic E-state index is -0.557. The summed E-state index contributed by atoms with van der Waals surface area (Å²) in [6, 6.07) is 7.00. The normalized spacial score (nSPS) is 13.4. The zero-order chi connectivity index (χ0) is 15.0. The molecule has 0 aliphatic heterocycles. The largest absolute Gasteiger partial charge is 0.497 e. The first kappa shape index (κ1) is 16.3. The molecular formula is C15H23NO4. The van der Waals surface area contributed by atoms with Crippen LogP contribution in [0.2, 0.25) is 0 Å². The van der Waals surface area contributed by atoms with Crippen molar-refractivity contribution in [2.24, 2.45) is 0 Å². The Labute approximate surface area is 119 Å². The van der Waals surface area contributed by atoms with Gasteiger partial charge < -0.3 is 19.9 Å². The fourth-order valence-electron chi connectivity index (χ4n) is 1.88. The van der Waals surface area contributed by atoms with Crippen molar-refractivity contribution in [3.05, 3.63) is 24.3 Å². The predicted octanol–water partition coefficient (Wildman–Crippen LogP) is 1.74. The molecule has 112 valence electrons. The molecule has 0 radical (unpaired) electrons. The van der Waals surface area contributed by atoms with Crippen LogP contribution in [0.1, 0.15) is 26.7 Å². The van der Waals surface area contributed by atoms with E-state index >= 15 is 0 Å². The van der Waals surface area contributed by atoms with Gasteiger partial charge >= 0.3 is 0 Å². The number of aliphatic hydroxyl groups excluding tert-OH is 1. The van der Waals surface area contributed by atoms with E-state index in [-0.39, 0.29) is 11.9 Å². The first-order chi connectivity index (χ1) is 9.56. The third-order valence-corrected chi connectivity index (χ3v) is 3.03. The highest BCUT2D eigenvalue weighted by Gasteiger charge is 2.18. The van der Waals surface area contributed by atoms with Crippen molar-refractivity contribution >= 4 is 5.91 Å². The summed E-state index contributed by atoms with van der Waals surface area (Å²) in [5, 5.41) is 12.6. The van der Waals surface area contributed by atoms with Crippen LogP contribution in [0.5, 0.6) is 11.5 Å². The molecule has 0 saturated heterocycles. The number of carbonyl (C=O) groups excluding carboxylic acids is 1. The Bertz CT molecular complexity index is 405. The van der Waals surface area contributed by atoms with E-state index in [4.69, 9.17) is 9.47 Å². The van der Waals surface area contributed by atoms with Crippen LogP contribution in [0.15, 0.2) is 24.3 Å². The van der Waals surface area contributed by atoms with Crippen LogP contribution in [0.4, 0.5) is 0 Å². The zero-order valence-corrected chi connectivity index (χ0v) is 12.3. The van der Waals surface area contributed by atoms with E-state index in [1.807, 2.05) is 31.2 Å². The Hall–Kier alpha value is -1.75. The number of ether oxygens (including phenoxy) is 2. The molecule has 0 aromatic heterocycles. The maximum atomic E-state index is 11.1. The summed E-state index contributed by atoms with van der Waals surface area (Å²) in [5.74, 6) is 1.36. The second-order valence-corrected chi connectivity index (χ2v) is 4.60. The lowest BCUT2D eigenvalue weighted by molar-refractivity contribution is -0.120. The molecule has 0 aliphatic rings. The van der Waals surface area contributed by atoms with Gasteiger partial charge in [-0.15, -0.1) is 0 Å². The van der Waals surface area contributed by atoms with Gasteiger partial charge in [0.2, 0.25) is 5.91 Å². The number of methoxy groups -OCH3 is 1. The Balaban J connectivity index is 2.44. The number of benzene rings is 1. The van der Waals surface area contributed by atoms with Crippen LogP contribution in [0.3, 0.4) is 0 Å². The summed E-state index contributed by atoms with van der Waals surface area (Å²) in [6.07, 6.45) is 0.590. The lowest BCUT2D eigenvalue weighted by Gasteiger charge is -2.22. The first-order valence-electron chi connectivity index (χ1n) is 6.78. The third kappa shape index (κ3) is 5.48. The Morgan fingerprint density at radius 2 is 1.90 bits per heavy atom. The molecule has 1 aromatic rings. The van der Waals surface area contributed by atoms with Crippen LogP contribution in [0.25, 0.3) is 0 Å². The van der Waals surface area contributed by atoms with Gasteiger partial charge in [0.25, 0.3) is 0 Å². The smallest absolute Gasteiger partial charge is 0.217 e. The minimum absolute atomic E-state index is 0.146. The van der Waals surface area contributed by atoms with Gasteiger partial charge in [0, 0.05) is 13.3 Å². The highest BCUT2D eigenvalue weighted by atomic mass is 16.5. The van der Waals surface area contributed by atoms with Gasteiger partial charge in [0.05, 0.1) is 25.9 Å². The molecule has 2 atom stereocenters. The average molecular weight is 281 g/mol. The molecule has 0 saturated carbocycles. The number of nitrogens with one attached hydrogen (secondary N) is 1. The second-order valence-electron chi connectivity index (χ2n) is 4.60. The molecule has 1 rings (SSSR count). The number of amides is 1. The van der Waals surface area contributed by atoms with Crippen molar-refractivity contribution in [2.75, 3.05) is 13.7 Å². The van der Waals surface area contributed by atoms with Crippen molar-refractivity contribution in [3.63, 3.8) is 0 Å². The minimum Gasteiger partial charge on any atom is -0.497 e. The zero-order valence-electron chi connectivity index (χ0n) is 12.3. The van der Waals surface area contributed by atoms with E-state index < -0.39 is 6.10 Å². The number of hydrogen-bond acceptors (Lipinski definition) is 4. The van der Waals surface area contributed by atoms with Gasteiger partial charge in [0.15, 0.2) is 0 Å². The quantitative estimate of drug-likeness (QED) is 0.761. The molecule has 1 aromatic carbocycles. The molecular weight excluding hydrogens is 258 g/mol. The topological polar surface area (TPSA) is 67.8 Å². The second kappa shape index (κ2) is 8.43. The molecule has 0 aliphatic carbocycles. The van der Waals surface area contributed by atoms with E-state index in [9.17, 15) is 9.90 Å². The van der Waals surface area contributed by atoms with Crippen LogP contribution >= 0.6 is 0 Å². The van der Waals surface area contributed by atoms with Gasteiger partial charge in [-0.1, -0.05) is 6.92 Å². The molecule has 0 fully saturated rings. The summed E-state index contributed by atoms with van der Waals surface area (Å²) in [4.78, 5) is 11.1. The molecule has 5 heteroatoms. The average Bonchev–Trinajstić information content (AvgIpc) is 2.45. The molecule has 0 bridgehead atoms. The van der Waals surface area contributed by atoms with E-state index in [0.29, 0.717) is 19.4 Å². The van der Waals surface area contributed by atoms with E-state index in [1.165, 1.54) is 6.92 Å². The summed E-state index contributed by atoms with van der Waals surface area (Å²) in [7, 11) is 1.61. The summed E-state index contributed by atoms with van der Waals surface area (Å²) in [5.41, 5.74) is 0. The van der Waals surface area contributed by atoms with Gasteiger partial charge in [-0.25, -0.2) is 0 Å². The lowest BCUT2D eigenvalue weighted by atomic mass is 10.1. The van der Waals surface area contributed by atoms with Crippen LogP contribution in [0, 0.1) is 0 Å². The molecule has 1 amide bonds. The SMILES string of the molecule is CC[C@@H](O)[C@@H](CCOc1ccc(OC)cc1)NC(C)=O. The van der Waals surface area contributed by atoms with Gasteiger partial charge in [-0.3, -0.25) is 4.79 Å². The Morgan fingerprint density at radius 1 is 1.30 bits per heavy atom. The van der Waals surface area contributed by atoms with Gasteiger partial charge in [0.1, 0.15) is 11.5 Å². The summed E-state index contributed by atoms with van der Waals surface area (Å²) < 4.78 is 10.7. The predicted molar refractivity (Wildman–Crippen MR) is 77.0 cm³/mol. The van der Waals surface area contributed by atoms with Gasteiger partial charge in [-0.05, 0) is 30.7 Å². The van der Waals surface area contributed by atoms with Crippen molar-refractivity contribution in [1.82, 2.24) is 5.32 Å². The molecule has 0 spiro atoms. The van der Waals surface area contributed by atoms with Crippen LogP contribution in [-0.4, -0.2) is 36.9 Å². The van der Waals surface area contributed by atoms with E-state index in [0.717, 1.165) is 11.5 Å². The summed E-state index contributed by atoms with van der Waals surface area (Å²) in [6.45, 7) is 3.75.